The fourth-order valence-electron chi connectivity index (χ4n) is 4.41. The Labute approximate surface area is 160 Å². The zero-order valence-corrected chi connectivity index (χ0v) is 19.0. The van der Waals surface area contributed by atoms with Crippen molar-refractivity contribution in [1.29, 1.82) is 0 Å². The van der Waals surface area contributed by atoms with Crippen LogP contribution in [0.3, 0.4) is 0 Å². The van der Waals surface area contributed by atoms with E-state index < -0.39 is 22.9 Å². The largest absolute Gasteiger partial charge is 0.481 e. The highest BCUT2D eigenvalue weighted by atomic mass is 16.4. The molecule has 0 fully saturated rings. The lowest BCUT2D eigenvalue weighted by atomic mass is 9.51. The molecule has 2 unspecified atom stereocenters. The van der Waals surface area contributed by atoms with Gasteiger partial charge < -0.3 is 10.2 Å². The first-order valence-corrected chi connectivity index (χ1v) is 9.60. The molecule has 1 aliphatic rings. The third kappa shape index (κ3) is 3.78. The summed E-state index contributed by atoms with van der Waals surface area (Å²) in [6.07, 6.45) is 1.82. The fourth-order valence-corrected chi connectivity index (χ4v) is 4.41. The second-order valence-electron chi connectivity index (χ2n) is 11.9. The molecular weight excluding hydrogens is 324 g/mol. The van der Waals surface area contributed by atoms with Gasteiger partial charge in [0.25, 0.3) is 0 Å². The molecular formula is C23H40O3. The van der Waals surface area contributed by atoms with Crippen molar-refractivity contribution in [3.8, 4) is 0 Å². The summed E-state index contributed by atoms with van der Waals surface area (Å²) in [6.45, 7) is 24.7. The molecule has 0 saturated heterocycles. The maximum atomic E-state index is 12.3. The van der Waals surface area contributed by atoms with Gasteiger partial charge in [0.1, 0.15) is 5.60 Å². The molecule has 0 radical (unpaired) electrons. The van der Waals surface area contributed by atoms with Gasteiger partial charge in [-0.15, -0.1) is 0 Å². The second-order valence-corrected chi connectivity index (χ2v) is 11.9. The van der Waals surface area contributed by atoms with Gasteiger partial charge in [0.15, 0.2) is 0 Å². The maximum Gasteiger partial charge on any atom is 0.314 e. The lowest BCUT2D eigenvalue weighted by Crippen LogP contribution is -2.56. The summed E-state index contributed by atoms with van der Waals surface area (Å²) in [5.41, 5.74) is -0.272. The van der Waals surface area contributed by atoms with Gasteiger partial charge in [0, 0.05) is 0 Å². The first-order chi connectivity index (χ1) is 11.2. The molecule has 1 rings (SSSR count). The summed E-state index contributed by atoms with van der Waals surface area (Å²) >= 11 is 0. The van der Waals surface area contributed by atoms with Crippen LogP contribution in [0.5, 0.6) is 0 Å². The number of carbonyl (C=O) groups is 1. The molecule has 0 saturated carbocycles. The summed E-state index contributed by atoms with van der Waals surface area (Å²) in [6, 6.07) is 0. The topological polar surface area (TPSA) is 57.5 Å². The van der Waals surface area contributed by atoms with Crippen LogP contribution in [-0.4, -0.2) is 21.8 Å². The number of hydrogen-bond donors (Lipinski definition) is 2. The van der Waals surface area contributed by atoms with E-state index in [4.69, 9.17) is 0 Å². The van der Waals surface area contributed by atoms with Gasteiger partial charge >= 0.3 is 5.97 Å². The summed E-state index contributed by atoms with van der Waals surface area (Å²) in [7, 11) is 0. The molecule has 1 aliphatic carbocycles. The minimum Gasteiger partial charge on any atom is -0.481 e. The van der Waals surface area contributed by atoms with E-state index in [1.165, 1.54) is 0 Å². The molecule has 0 aromatic carbocycles. The molecule has 0 spiro atoms. The quantitative estimate of drug-likeness (QED) is 0.575. The lowest BCUT2D eigenvalue weighted by Gasteiger charge is -2.56. The predicted molar refractivity (Wildman–Crippen MR) is 109 cm³/mol. The van der Waals surface area contributed by atoms with Crippen molar-refractivity contribution in [3.63, 3.8) is 0 Å². The number of carboxylic acids is 1. The number of hydrogen-bond acceptors (Lipinski definition) is 2. The van der Waals surface area contributed by atoms with Crippen molar-refractivity contribution in [2.45, 2.75) is 88.7 Å². The zero-order valence-electron chi connectivity index (χ0n) is 19.0. The highest BCUT2D eigenvalue weighted by Gasteiger charge is 2.57. The normalized spacial score (nSPS) is 26.0. The van der Waals surface area contributed by atoms with E-state index in [0.29, 0.717) is 0 Å². The van der Waals surface area contributed by atoms with Crippen molar-refractivity contribution in [3.05, 3.63) is 22.8 Å². The Morgan fingerprint density at radius 1 is 0.846 bits per heavy atom. The van der Waals surface area contributed by atoms with Crippen LogP contribution in [0.4, 0.5) is 0 Å². The summed E-state index contributed by atoms with van der Waals surface area (Å²) < 4.78 is 0. The van der Waals surface area contributed by atoms with Crippen molar-refractivity contribution < 1.29 is 15.0 Å². The number of aliphatic carboxylic acids is 1. The third-order valence-corrected chi connectivity index (χ3v) is 5.38. The molecule has 0 bridgehead atoms. The van der Waals surface area contributed by atoms with Gasteiger partial charge in [-0.2, -0.15) is 0 Å². The van der Waals surface area contributed by atoms with Gasteiger partial charge in [-0.05, 0) is 38.4 Å². The van der Waals surface area contributed by atoms with Crippen LogP contribution >= 0.6 is 0 Å². The molecule has 3 nitrogen and oxygen atoms in total. The van der Waals surface area contributed by atoms with Crippen LogP contribution in [0.25, 0.3) is 0 Å². The van der Waals surface area contributed by atoms with E-state index in [1.54, 1.807) is 0 Å². The standard InChI is InChI=1S/C23H40O3/c1-19(2,3)15-13-14(18(24)25)16(20(4,5)6)17(21(7,8)9)23(15,26)22(10,11)12/h13-14,26H,1-12H3,(H,24,25). The summed E-state index contributed by atoms with van der Waals surface area (Å²) in [4.78, 5) is 12.3. The smallest absolute Gasteiger partial charge is 0.314 e. The molecule has 0 aliphatic heterocycles. The first-order valence-electron chi connectivity index (χ1n) is 9.60. The molecule has 0 aromatic rings. The predicted octanol–water partition coefficient (Wildman–Crippen LogP) is 5.84. The van der Waals surface area contributed by atoms with E-state index in [-0.39, 0.29) is 16.2 Å². The molecule has 0 amide bonds. The van der Waals surface area contributed by atoms with Gasteiger partial charge in [-0.3, -0.25) is 4.79 Å². The Bertz CT molecular complexity index is 637. The Kier molecular flexibility index (Phi) is 5.49. The second kappa shape index (κ2) is 6.22. The summed E-state index contributed by atoms with van der Waals surface area (Å²) in [5, 5.41) is 22.4. The van der Waals surface area contributed by atoms with Crippen LogP contribution in [0.1, 0.15) is 83.1 Å². The first kappa shape index (κ1) is 23.0. The lowest BCUT2D eigenvalue weighted by molar-refractivity contribution is -0.139. The SMILES string of the molecule is CC(C)(C)C1=CC(C(=O)O)C(C(C)(C)C)=C(C(C)(C)C)C1(O)C(C)(C)C. The summed E-state index contributed by atoms with van der Waals surface area (Å²) in [5.74, 6) is -1.57. The minimum atomic E-state index is -1.21. The van der Waals surface area contributed by atoms with Crippen molar-refractivity contribution in [1.82, 2.24) is 0 Å². The molecule has 2 atom stereocenters. The van der Waals surface area contributed by atoms with Crippen LogP contribution < -0.4 is 0 Å². The number of rotatable bonds is 1. The van der Waals surface area contributed by atoms with Crippen LogP contribution in [0.2, 0.25) is 0 Å². The van der Waals surface area contributed by atoms with E-state index in [2.05, 4.69) is 41.5 Å². The van der Waals surface area contributed by atoms with Gasteiger partial charge in [0.05, 0.1) is 5.92 Å². The van der Waals surface area contributed by atoms with Gasteiger partial charge in [0.2, 0.25) is 0 Å². The molecule has 26 heavy (non-hydrogen) atoms. The van der Waals surface area contributed by atoms with E-state index in [1.807, 2.05) is 47.6 Å². The van der Waals surface area contributed by atoms with Crippen LogP contribution in [0.15, 0.2) is 22.8 Å². The monoisotopic (exact) mass is 364 g/mol. The average Bonchev–Trinajstić information content (AvgIpc) is 2.31. The molecule has 2 N–H and O–H groups in total. The fraction of sp³-hybridized carbons (Fsp3) is 0.783. The number of carboxylic acid groups (broad SMARTS) is 1. The molecule has 3 heteroatoms. The van der Waals surface area contributed by atoms with Crippen LogP contribution in [0, 0.1) is 27.6 Å². The van der Waals surface area contributed by atoms with E-state index in [0.717, 1.165) is 16.7 Å². The highest BCUT2D eigenvalue weighted by molar-refractivity contribution is 5.79. The Hall–Kier alpha value is -1.09. The minimum absolute atomic E-state index is 0.352. The van der Waals surface area contributed by atoms with Crippen molar-refractivity contribution >= 4 is 5.97 Å². The van der Waals surface area contributed by atoms with Crippen LogP contribution in [-0.2, 0) is 4.79 Å². The molecule has 150 valence electrons. The van der Waals surface area contributed by atoms with Gasteiger partial charge in [-0.25, -0.2) is 0 Å². The Morgan fingerprint density at radius 2 is 1.27 bits per heavy atom. The number of aliphatic hydroxyl groups is 1. The van der Waals surface area contributed by atoms with E-state index in [9.17, 15) is 15.0 Å². The zero-order chi connectivity index (χ0) is 21.1. The average molecular weight is 365 g/mol. The van der Waals surface area contributed by atoms with E-state index >= 15 is 0 Å². The Morgan fingerprint density at radius 3 is 1.50 bits per heavy atom. The Balaban J connectivity index is 4.19. The third-order valence-electron chi connectivity index (χ3n) is 5.38. The van der Waals surface area contributed by atoms with Crippen molar-refractivity contribution in [2.24, 2.45) is 27.6 Å². The van der Waals surface area contributed by atoms with Crippen molar-refractivity contribution in [2.75, 3.05) is 0 Å². The molecule has 0 aromatic heterocycles. The van der Waals surface area contributed by atoms with Gasteiger partial charge in [-0.1, -0.05) is 89.2 Å². The molecule has 0 heterocycles. The highest BCUT2D eigenvalue weighted by Crippen LogP contribution is 2.59. The maximum absolute atomic E-state index is 12.3.